The van der Waals surface area contributed by atoms with E-state index < -0.39 is 30.7 Å². The Hall–Kier alpha value is -3.75. The van der Waals surface area contributed by atoms with Gasteiger partial charge in [-0.1, -0.05) is 36.9 Å². The Balaban J connectivity index is 1.84. The van der Waals surface area contributed by atoms with Gasteiger partial charge < -0.3 is 9.64 Å². The molecule has 1 aromatic heterocycles. The number of hydrogen-bond donors (Lipinski definition) is 0. The minimum absolute atomic E-state index is 0.0564. The number of alkyl halides is 2. The summed E-state index contributed by atoms with van der Waals surface area (Å²) in [5, 5.41) is 0.221. The molecule has 1 amide bonds. The Morgan fingerprint density at radius 3 is 2.34 bits per heavy atom. The van der Waals surface area contributed by atoms with Gasteiger partial charge in [-0.15, -0.1) is 0 Å². The van der Waals surface area contributed by atoms with Crippen molar-refractivity contribution < 1.29 is 18.3 Å². The van der Waals surface area contributed by atoms with Crippen LogP contribution < -0.4 is 16.0 Å². The van der Waals surface area contributed by atoms with Crippen LogP contribution in [-0.4, -0.2) is 53.0 Å². The van der Waals surface area contributed by atoms with Crippen molar-refractivity contribution in [2.24, 2.45) is 0 Å². The van der Waals surface area contributed by atoms with E-state index in [1.807, 2.05) is 24.3 Å². The van der Waals surface area contributed by atoms with Crippen LogP contribution in [-0.2, 0) is 11.3 Å². The van der Waals surface area contributed by atoms with Gasteiger partial charge in [0, 0.05) is 19.1 Å². The molecule has 7 nitrogen and oxygen atoms in total. The molecule has 0 saturated carbocycles. The molecule has 0 unspecified atom stereocenters. The van der Waals surface area contributed by atoms with E-state index >= 15 is 0 Å². The number of fused-ring (bicyclic) bond motifs is 1. The number of ether oxygens (including phenoxy) is 1. The molecule has 1 aliphatic rings. The molecule has 184 valence electrons. The summed E-state index contributed by atoms with van der Waals surface area (Å²) < 4.78 is 34.1. The Bertz CT molecular complexity index is 1320. The number of hydrogen-bond acceptors (Lipinski definition) is 4. The number of halogens is 2. The minimum atomic E-state index is -1.27. The van der Waals surface area contributed by atoms with Gasteiger partial charge in [-0.2, -0.15) is 0 Å². The van der Waals surface area contributed by atoms with E-state index in [-0.39, 0.29) is 23.7 Å². The molecule has 1 fully saturated rings. The van der Waals surface area contributed by atoms with E-state index in [9.17, 15) is 23.2 Å². The van der Waals surface area contributed by atoms with Crippen LogP contribution in [0.15, 0.2) is 58.6 Å². The largest absolute Gasteiger partial charge is 0.485 e. The van der Waals surface area contributed by atoms with Crippen LogP contribution in [0.2, 0.25) is 0 Å². The molecule has 2 heterocycles. The summed E-state index contributed by atoms with van der Waals surface area (Å²) in [7, 11) is 0. The number of piperidine rings is 1. The van der Waals surface area contributed by atoms with Crippen molar-refractivity contribution in [3.8, 4) is 5.75 Å². The topological polar surface area (TPSA) is 73.5 Å². The zero-order valence-electron chi connectivity index (χ0n) is 19.2. The highest BCUT2D eigenvalue weighted by Crippen LogP contribution is 2.26. The van der Waals surface area contributed by atoms with Crippen molar-refractivity contribution in [2.75, 3.05) is 26.4 Å². The normalized spacial score (nSPS) is 14.4. The molecule has 0 aliphatic carbocycles. The SMILES string of the molecule is C=Cc1ccc(Cn2c(=O)c3cc(OC(CF)CF)ccc3n(C3CCN(C=O)CC3)c2=O)cc1. The summed E-state index contributed by atoms with van der Waals surface area (Å²) in [5.74, 6) is 0.151. The third kappa shape index (κ3) is 5.03. The molecule has 2 aromatic carbocycles. The summed E-state index contributed by atoms with van der Waals surface area (Å²) in [6.45, 7) is 2.78. The number of nitrogens with zero attached hydrogens (tertiary/aromatic N) is 3. The third-order valence-corrected chi connectivity index (χ3v) is 6.36. The van der Waals surface area contributed by atoms with Crippen LogP contribution in [0.4, 0.5) is 8.78 Å². The number of carbonyl (C=O) groups excluding carboxylic acids is 1. The maximum Gasteiger partial charge on any atom is 0.332 e. The first kappa shape index (κ1) is 24.4. The molecule has 0 N–H and O–H groups in total. The Kier molecular flexibility index (Phi) is 7.43. The molecular formula is C26H27F2N3O4. The van der Waals surface area contributed by atoms with Crippen molar-refractivity contribution in [1.29, 1.82) is 0 Å². The van der Waals surface area contributed by atoms with Crippen molar-refractivity contribution in [3.05, 3.63) is 81.0 Å². The van der Waals surface area contributed by atoms with E-state index in [4.69, 9.17) is 4.74 Å². The lowest BCUT2D eigenvalue weighted by molar-refractivity contribution is -0.119. The highest BCUT2D eigenvalue weighted by molar-refractivity contribution is 5.80. The Morgan fingerprint density at radius 2 is 1.74 bits per heavy atom. The monoisotopic (exact) mass is 483 g/mol. The Morgan fingerprint density at radius 1 is 1.06 bits per heavy atom. The van der Waals surface area contributed by atoms with E-state index in [2.05, 4.69) is 6.58 Å². The van der Waals surface area contributed by atoms with E-state index in [1.165, 1.54) is 16.7 Å². The maximum absolute atomic E-state index is 13.6. The number of rotatable bonds is 9. The smallest absolute Gasteiger partial charge is 0.332 e. The van der Waals surface area contributed by atoms with Crippen molar-refractivity contribution >= 4 is 23.4 Å². The first-order valence-corrected chi connectivity index (χ1v) is 11.5. The third-order valence-electron chi connectivity index (χ3n) is 6.36. The number of amides is 1. The number of carbonyl (C=O) groups is 1. The summed E-state index contributed by atoms with van der Waals surface area (Å²) in [6.07, 6.45) is 2.35. The quantitative estimate of drug-likeness (QED) is 0.438. The van der Waals surface area contributed by atoms with Gasteiger partial charge in [-0.05, 0) is 42.2 Å². The number of aromatic nitrogens is 2. The van der Waals surface area contributed by atoms with Crippen molar-refractivity contribution in [2.45, 2.75) is 31.5 Å². The second kappa shape index (κ2) is 10.7. The van der Waals surface area contributed by atoms with Crippen LogP contribution >= 0.6 is 0 Å². The highest BCUT2D eigenvalue weighted by atomic mass is 19.1. The van der Waals surface area contributed by atoms with Gasteiger partial charge in [-0.3, -0.25) is 18.7 Å². The molecule has 1 saturated heterocycles. The molecule has 0 spiro atoms. The average Bonchev–Trinajstić information content (AvgIpc) is 2.90. The first-order chi connectivity index (χ1) is 17.0. The van der Waals surface area contributed by atoms with Crippen molar-refractivity contribution in [1.82, 2.24) is 14.0 Å². The summed E-state index contributed by atoms with van der Waals surface area (Å²) >= 11 is 0. The van der Waals surface area contributed by atoms with E-state index in [0.29, 0.717) is 31.4 Å². The lowest BCUT2D eigenvalue weighted by Crippen LogP contribution is -2.44. The van der Waals surface area contributed by atoms with Crippen LogP contribution in [0.5, 0.6) is 5.75 Å². The predicted octanol–water partition coefficient (Wildman–Crippen LogP) is 3.33. The zero-order valence-corrected chi connectivity index (χ0v) is 19.2. The van der Waals surface area contributed by atoms with Gasteiger partial charge in [0.15, 0.2) is 6.10 Å². The summed E-state index contributed by atoms with van der Waals surface area (Å²) in [6, 6.07) is 11.7. The fraction of sp³-hybridized carbons (Fsp3) is 0.346. The fourth-order valence-corrected chi connectivity index (χ4v) is 4.42. The maximum atomic E-state index is 13.6. The molecule has 9 heteroatoms. The molecule has 1 aliphatic heterocycles. The van der Waals surface area contributed by atoms with Gasteiger partial charge >= 0.3 is 5.69 Å². The molecule has 0 bridgehead atoms. The second-order valence-electron chi connectivity index (χ2n) is 8.59. The van der Waals surface area contributed by atoms with Gasteiger partial charge in [-0.25, -0.2) is 13.6 Å². The standard InChI is InChI=1S/C26H27F2N3O4/c1-2-18-3-5-19(6-4-18)16-30-25(33)23-13-21(35-22(14-27)15-28)7-8-24(23)31(26(30)34)20-9-11-29(17-32)12-10-20/h2-8,13,17,20,22H,1,9-12,14-16H2. The fourth-order valence-electron chi connectivity index (χ4n) is 4.42. The number of likely N-dealkylation sites (tertiary alicyclic amines) is 1. The lowest BCUT2D eigenvalue weighted by Gasteiger charge is -2.31. The first-order valence-electron chi connectivity index (χ1n) is 11.5. The minimum Gasteiger partial charge on any atom is -0.485 e. The highest BCUT2D eigenvalue weighted by Gasteiger charge is 2.25. The zero-order chi connectivity index (χ0) is 24.9. The van der Waals surface area contributed by atoms with Crippen molar-refractivity contribution in [3.63, 3.8) is 0 Å². The van der Waals surface area contributed by atoms with Gasteiger partial charge in [0.05, 0.1) is 17.4 Å². The molecule has 3 aromatic rings. The molecule has 0 radical (unpaired) electrons. The Labute approximate surface area is 200 Å². The van der Waals surface area contributed by atoms with Crippen LogP contribution in [0, 0.1) is 0 Å². The molecule has 4 rings (SSSR count). The van der Waals surface area contributed by atoms with Gasteiger partial charge in [0.1, 0.15) is 19.1 Å². The van der Waals surface area contributed by atoms with Gasteiger partial charge in [0.2, 0.25) is 6.41 Å². The van der Waals surface area contributed by atoms with Crippen LogP contribution in [0.25, 0.3) is 17.0 Å². The summed E-state index contributed by atoms with van der Waals surface area (Å²) in [4.78, 5) is 39.9. The molecular weight excluding hydrogens is 456 g/mol. The molecule has 0 atom stereocenters. The van der Waals surface area contributed by atoms with Gasteiger partial charge in [0.25, 0.3) is 5.56 Å². The predicted molar refractivity (Wildman–Crippen MR) is 130 cm³/mol. The van der Waals surface area contributed by atoms with Crippen LogP contribution in [0.1, 0.15) is 30.0 Å². The molecule has 35 heavy (non-hydrogen) atoms. The van der Waals surface area contributed by atoms with E-state index in [0.717, 1.165) is 17.5 Å². The van der Waals surface area contributed by atoms with E-state index in [1.54, 1.807) is 21.6 Å². The van der Waals surface area contributed by atoms with Crippen LogP contribution in [0.3, 0.4) is 0 Å². The second-order valence-corrected chi connectivity index (χ2v) is 8.59. The average molecular weight is 484 g/mol. The number of benzene rings is 2. The summed E-state index contributed by atoms with van der Waals surface area (Å²) in [5.41, 5.74) is 1.14. The lowest BCUT2D eigenvalue weighted by atomic mass is 10.0.